The van der Waals surface area contributed by atoms with Crippen LogP contribution < -0.4 is 16.3 Å². The number of carbonyl (C=O) groups excluding carboxylic acids is 1. The van der Waals surface area contributed by atoms with Crippen molar-refractivity contribution in [3.63, 3.8) is 0 Å². The number of hydrogen-bond donors (Lipinski definition) is 2. The van der Waals surface area contributed by atoms with Gasteiger partial charge in [-0.3, -0.25) is 9.79 Å². The molecule has 6 heteroatoms. The molecule has 1 aromatic heterocycles. The molecular formula is C25H25N3O3. The molecule has 2 heterocycles. The van der Waals surface area contributed by atoms with Crippen LogP contribution in [0.5, 0.6) is 0 Å². The maximum Gasteiger partial charge on any atom is 0.349 e. The fourth-order valence-electron chi connectivity index (χ4n) is 3.71. The zero-order valence-electron chi connectivity index (χ0n) is 17.5. The summed E-state index contributed by atoms with van der Waals surface area (Å²) in [5.41, 5.74) is 2.79. The second-order valence-corrected chi connectivity index (χ2v) is 7.59. The summed E-state index contributed by atoms with van der Waals surface area (Å²) in [5.74, 6) is 0.939. The zero-order chi connectivity index (χ0) is 21.6. The van der Waals surface area contributed by atoms with Gasteiger partial charge in [0.2, 0.25) is 0 Å². The molecule has 0 spiro atoms. The van der Waals surface area contributed by atoms with Crippen molar-refractivity contribution < 1.29 is 9.21 Å². The fraction of sp³-hybridized carbons (Fsp3) is 0.240. The van der Waals surface area contributed by atoms with Gasteiger partial charge in [-0.2, -0.15) is 0 Å². The van der Waals surface area contributed by atoms with Gasteiger partial charge in [-0.1, -0.05) is 42.5 Å². The van der Waals surface area contributed by atoms with Gasteiger partial charge < -0.3 is 15.1 Å². The Balaban J connectivity index is 1.43. The molecule has 31 heavy (non-hydrogen) atoms. The number of aryl methyl sites for hydroxylation is 3. The number of carbonyl (C=O) groups is 1. The molecule has 0 radical (unpaired) electrons. The number of nitrogens with one attached hydrogen (secondary N) is 2. The maximum absolute atomic E-state index is 12.8. The number of amidine groups is 1. The first-order chi connectivity index (χ1) is 15.1. The molecule has 2 N–H and O–H groups in total. The number of aliphatic imine (C=N–C) groups is 1. The first-order valence-corrected chi connectivity index (χ1v) is 10.5. The van der Waals surface area contributed by atoms with Crippen molar-refractivity contribution in [2.45, 2.75) is 26.2 Å². The van der Waals surface area contributed by atoms with E-state index in [9.17, 15) is 9.59 Å². The van der Waals surface area contributed by atoms with E-state index in [1.54, 1.807) is 19.1 Å². The van der Waals surface area contributed by atoms with E-state index in [2.05, 4.69) is 27.8 Å². The van der Waals surface area contributed by atoms with Crippen LogP contribution in [0.1, 0.15) is 39.2 Å². The van der Waals surface area contributed by atoms with Crippen LogP contribution in [0, 0.1) is 6.92 Å². The van der Waals surface area contributed by atoms with E-state index in [4.69, 9.17) is 4.42 Å². The van der Waals surface area contributed by atoms with Crippen LogP contribution in [0.25, 0.3) is 0 Å². The number of rotatable bonds is 7. The lowest BCUT2D eigenvalue weighted by atomic mass is 10.1. The number of anilines is 1. The largest absolute Gasteiger partial charge is 0.427 e. The standard InChI is InChI=1S/C25H25N3O3/c1-17-15-21(12-5-9-18-7-3-2-4-8-18)31-25(30)22(17)24(29)28-20-11-6-10-19(16-20)23-26-13-14-27-23/h2-4,6-8,10-11,15-16H,5,9,12-14H2,1H3,(H,26,27)(H,28,29). The molecule has 1 aliphatic heterocycles. The van der Waals surface area contributed by atoms with Crippen LogP contribution in [0.15, 0.2) is 74.9 Å². The molecule has 1 aliphatic rings. The Morgan fingerprint density at radius 2 is 1.94 bits per heavy atom. The van der Waals surface area contributed by atoms with Crippen LogP contribution in [0.4, 0.5) is 5.69 Å². The van der Waals surface area contributed by atoms with Crippen molar-refractivity contribution in [1.29, 1.82) is 0 Å². The van der Waals surface area contributed by atoms with Crippen molar-refractivity contribution in [3.8, 4) is 0 Å². The highest BCUT2D eigenvalue weighted by molar-refractivity contribution is 6.06. The van der Waals surface area contributed by atoms with Gasteiger partial charge in [-0.25, -0.2) is 4.79 Å². The minimum atomic E-state index is -0.606. The fourth-order valence-corrected chi connectivity index (χ4v) is 3.71. The normalized spacial score (nSPS) is 12.9. The Hall–Kier alpha value is -3.67. The molecule has 0 fully saturated rings. The number of amides is 1. The summed E-state index contributed by atoms with van der Waals surface area (Å²) in [6, 6.07) is 19.4. The first kappa shape index (κ1) is 20.6. The third-order valence-corrected chi connectivity index (χ3v) is 5.23. The zero-order valence-corrected chi connectivity index (χ0v) is 17.5. The summed E-state index contributed by atoms with van der Waals surface area (Å²) in [6.07, 6.45) is 2.41. The second kappa shape index (κ2) is 9.43. The summed E-state index contributed by atoms with van der Waals surface area (Å²) in [5, 5.41) is 6.02. The highest BCUT2D eigenvalue weighted by atomic mass is 16.4. The SMILES string of the molecule is Cc1cc(CCCc2ccccc2)oc(=O)c1C(=O)Nc1cccc(C2=NCCN2)c1. The van der Waals surface area contributed by atoms with E-state index >= 15 is 0 Å². The predicted octanol–water partition coefficient (Wildman–Crippen LogP) is 3.73. The third kappa shape index (κ3) is 5.09. The van der Waals surface area contributed by atoms with E-state index < -0.39 is 11.5 Å². The Kier molecular flexibility index (Phi) is 6.26. The van der Waals surface area contributed by atoms with E-state index in [1.807, 2.05) is 36.4 Å². The molecular weight excluding hydrogens is 390 g/mol. The van der Waals surface area contributed by atoms with Gasteiger partial charge in [-0.05, 0) is 49.1 Å². The minimum absolute atomic E-state index is 0.0357. The van der Waals surface area contributed by atoms with Gasteiger partial charge in [0.15, 0.2) is 0 Å². The van der Waals surface area contributed by atoms with Gasteiger partial charge in [0.25, 0.3) is 5.91 Å². The predicted molar refractivity (Wildman–Crippen MR) is 122 cm³/mol. The lowest BCUT2D eigenvalue weighted by molar-refractivity contribution is 0.102. The molecule has 2 aromatic carbocycles. The molecule has 158 valence electrons. The summed E-state index contributed by atoms with van der Waals surface area (Å²) < 4.78 is 5.45. The average Bonchev–Trinajstić information content (AvgIpc) is 3.29. The topological polar surface area (TPSA) is 83.7 Å². The summed E-state index contributed by atoms with van der Waals surface area (Å²) in [6.45, 7) is 3.31. The van der Waals surface area contributed by atoms with Crippen LogP contribution in [0.3, 0.4) is 0 Å². The number of hydrogen-bond acceptors (Lipinski definition) is 5. The highest BCUT2D eigenvalue weighted by Crippen LogP contribution is 2.15. The van der Waals surface area contributed by atoms with E-state index in [0.29, 0.717) is 23.4 Å². The summed E-state index contributed by atoms with van der Waals surface area (Å²) in [4.78, 5) is 29.7. The smallest absolute Gasteiger partial charge is 0.349 e. The average molecular weight is 415 g/mol. The Labute approximate surface area is 181 Å². The van der Waals surface area contributed by atoms with Gasteiger partial charge >= 0.3 is 5.63 Å². The Bertz CT molecular complexity index is 1170. The van der Waals surface area contributed by atoms with Gasteiger partial charge in [0, 0.05) is 24.2 Å². The molecule has 0 bridgehead atoms. The van der Waals surface area contributed by atoms with Crippen molar-refractivity contribution in [2.24, 2.45) is 4.99 Å². The number of nitrogens with zero attached hydrogens (tertiary/aromatic N) is 1. The number of benzene rings is 2. The lowest BCUT2D eigenvalue weighted by Crippen LogP contribution is -2.23. The third-order valence-electron chi connectivity index (χ3n) is 5.23. The van der Waals surface area contributed by atoms with Crippen molar-refractivity contribution in [3.05, 3.63) is 99.1 Å². The molecule has 0 atom stereocenters. The Morgan fingerprint density at radius 3 is 2.68 bits per heavy atom. The van der Waals surface area contributed by atoms with Crippen molar-refractivity contribution >= 4 is 17.4 Å². The summed E-state index contributed by atoms with van der Waals surface area (Å²) in [7, 11) is 0. The molecule has 0 saturated heterocycles. The van der Waals surface area contributed by atoms with Gasteiger partial charge in [-0.15, -0.1) is 0 Å². The summed E-state index contributed by atoms with van der Waals surface area (Å²) >= 11 is 0. The van der Waals surface area contributed by atoms with Crippen LogP contribution in [0.2, 0.25) is 0 Å². The van der Waals surface area contributed by atoms with E-state index in [1.165, 1.54) is 5.56 Å². The monoisotopic (exact) mass is 415 g/mol. The molecule has 4 rings (SSSR count). The molecule has 3 aromatic rings. The minimum Gasteiger partial charge on any atom is -0.427 e. The maximum atomic E-state index is 12.8. The van der Waals surface area contributed by atoms with E-state index in [-0.39, 0.29) is 5.56 Å². The highest BCUT2D eigenvalue weighted by Gasteiger charge is 2.18. The lowest BCUT2D eigenvalue weighted by Gasteiger charge is -2.10. The molecule has 0 saturated carbocycles. The van der Waals surface area contributed by atoms with Crippen molar-refractivity contribution in [1.82, 2.24) is 5.32 Å². The van der Waals surface area contributed by atoms with Crippen LogP contribution in [-0.2, 0) is 12.8 Å². The molecule has 6 nitrogen and oxygen atoms in total. The first-order valence-electron chi connectivity index (χ1n) is 10.5. The Morgan fingerprint density at radius 1 is 1.10 bits per heavy atom. The van der Waals surface area contributed by atoms with Crippen LogP contribution in [-0.4, -0.2) is 24.8 Å². The van der Waals surface area contributed by atoms with Crippen molar-refractivity contribution in [2.75, 3.05) is 18.4 Å². The van der Waals surface area contributed by atoms with Gasteiger partial charge in [0.1, 0.15) is 17.2 Å². The van der Waals surface area contributed by atoms with Crippen LogP contribution >= 0.6 is 0 Å². The van der Waals surface area contributed by atoms with Gasteiger partial charge in [0.05, 0.1) is 6.54 Å². The molecule has 0 unspecified atom stereocenters. The quantitative estimate of drug-likeness (QED) is 0.616. The molecule has 1 amide bonds. The van der Waals surface area contributed by atoms with E-state index in [0.717, 1.165) is 37.3 Å². The molecule has 0 aliphatic carbocycles. The second-order valence-electron chi connectivity index (χ2n) is 7.59.